The van der Waals surface area contributed by atoms with E-state index in [2.05, 4.69) is 39.2 Å². The van der Waals surface area contributed by atoms with Gasteiger partial charge in [-0.15, -0.1) is 0 Å². The Bertz CT molecular complexity index is 1320. The number of nitrogens with two attached hydrogens (primary N) is 1. The van der Waals surface area contributed by atoms with Gasteiger partial charge in [-0.25, -0.2) is 14.6 Å². The molecule has 33 heavy (non-hydrogen) atoms. The number of nitrogen functional groups attached to an aromatic ring is 1. The van der Waals surface area contributed by atoms with E-state index in [-0.39, 0.29) is 5.82 Å². The minimum atomic E-state index is -1.16. The molecule has 0 radical (unpaired) electrons. The third-order valence-electron chi connectivity index (χ3n) is 5.05. The summed E-state index contributed by atoms with van der Waals surface area (Å²) in [6.07, 6.45) is 0. The first-order chi connectivity index (χ1) is 15.7. The largest absolute Gasteiger partial charge is 0.379 e. The van der Waals surface area contributed by atoms with E-state index >= 15 is 0 Å². The van der Waals surface area contributed by atoms with Gasteiger partial charge in [0.25, 0.3) is 0 Å². The zero-order valence-electron chi connectivity index (χ0n) is 19.2. The molecule has 0 bridgehead atoms. The normalized spacial score (nSPS) is 11.7. The minimum Gasteiger partial charge on any atom is -0.379 e. The quantitative estimate of drug-likeness (QED) is 0.435. The lowest BCUT2D eigenvalue weighted by atomic mass is 10.1. The van der Waals surface area contributed by atoms with Crippen molar-refractivity contribution in [3.05, 3.63) is 53.3 Å². The van der Waals surface area contributed by atoms with Crippen LogP contribution in [-0.4, -0.2) is 47.5 Å². The third-order valence-corrected chi connectivity index (χ3v) is 5.05. The summed E-state index contributed by atoms with van der Waals surface area (Å²) in [6, 6.07) is 12.3. The van der Waals surface area contributed by atoms with Crippen molar-refractivity contribution >= 4 is 16.9 Å². The molecule has 0 saturated heterocycles. The highest BCUT2D eigenvalue weighted by molar-refractivity contribution is 5.85. The second kappa shape index (κ2) is 9.02. The maximum atomic E-state index is 10.1. The van der Waals surface area contributed by atoms with Crippen LogP contribution < -0.4 is 5.73 Å². The van der Waals surface area contributed by atoms with Gasteiger partial charge in [-0.2, -0.15) is 0 Å². The highest BCUT2D eigenvalue weighted by atomic mass is 16.6. The Morgan fingerprint density at radius 3 is 2.55 bits per heavy atom. The first-order valence-electron chi connectivity index (χ1n) is 10.7. The van der Waals surface area contributed by atoms with Crippen LogP contribution in [0.5, 0.6) is 0 Å². The Kier molecular flexibility index (Phi) is 6.14. The lowest BCUT2D eigenvalue weighted by molar-refractivity contribution is 0.143. The van der Waals surface area contributed by atoms with Crippen molar-refractivity contribution in [1.29, 1.82) is 0 Å². The predicted octanol–water partition coefficient (Wildman–Crippen LogP) is 2.84. The van der Waals surface area contributed by atoms with Gasteiger partial charge in [0.1, 0.15) is 16.8 Å². The summed E-state index contributed by atoms with van der Waals surface area (Å²) in [5.74, 6) is 6.57. The number of fused-ring (bicyclic) bond motifs is 1. The summed E-state index contributed by atoms with van der Waals surface area (Å²) in [5, 5.41) is 17.7. The average molecular weight is 446 g/mol. The Morgan fingerprint density at radius 1 is 1.15 bits per heavy atom. The number of anilines is 1. The zero-order chi connectivity index (χ0) is 23.6. The molecule has 3 N–H and O–H groups in total. The van der Waals surface area contributed by atoms with Crippen LogP contribution in [0.1, 0.15) is 37.7 Å². The van der Waals surface area contributed by atoms with E-state index in [1.54, 1.807) is 13.8 Å². The number of benzene rings is 1. The monoisotopic (exact) mass is 445 g/mol. The molecule has 4 aromatic rings. The molecule has 170 valence electrons. The molecule has 0 saturated carbocycles. The van der Waals surface area contributed by atoms with E-state index in [1.165, 1.54) is 5.56 Å². The van der Waals surface area contributed by atoms with Crippen molar-refractivity contribution in [2.24, 2.45) is 0 Å². The van der Waals surface area contributed by atoms with Crippen LogP contribution in [0.25, 0.3) is 22.6 Å². The molecule has 0 amide bonds. The Balaban J connectivity index is 1.80. The molecular weight excluding hydrogens is 418 g/mol. The number of hydrogen-bond donors (Lipinski definition) is 2. The Labute approximate surface area is 192 Å². The molecular formula is C24H27N7O2. The van der Waals surface area contributed by atoms with Gasteiger partial charge in [-0.1, -0.05) is 36.3 Å². The SMILES string of the molecule is CCn1c(-c2nonc2N)nc2c(C#CC(C)(C)O)nc(CN(C)Cc3ccccc3)cc21. The fourth-order valence-electron chi connectivity index (χ4n) is 3.63. The molecule has 0 aliphatic heterocycles. The molecule has 0 fully saturated rings. The third kappa shape index (κ3) is 5.03. The lowest BCUT2D eigenvalue weighted by Crippen LogP contribution is -2.18. The van der Waals surface area contributed by atoms with E-state index in [1.807, 2.05) is 42.8 Å². The maximum Gasteiger partial charge on any atom is 0.199 e. The number of aliphatic hydroxyl groups is 1. The van der Waals surface area contributed by atoms with Crippen LogP contribution in [0.3, 0.4) is 0 Å². The highest BCUT2D eigenvalue weighted by Crippen LogP contribution is 2.28. The van der Waals surface area contributed by atoms with Gasteiger partial charge in [0.05, 0.1) is 11.2 Å². The molecule has 9 heteroatoms. The van der Waals surface area contributed by atoms with Crippen LogP contribution in [0, 0.1) is 11.8 Å². The van der Waals surface area contributed by atoms with Gasteiger partial charge in [-0.05, 0) is 55.7 Å². The van der Waals surface area contributed by atoms with Gasteiger partial charge in [0.15, 0.2) is 17.3 Å². The molecule has 0 aliphatic carbocycles. The maximum absolute atomic E-state index is 10.1. The number of aryl methyl sites for hydroxylation is 1. The summed E-state index contributed by atoms with van der Waals surface area (Å²) in [7, 11) is 2.05. The first-order valence-corrected chi connectivity index (χ1v) is 10.7. The van der Waals surface area contributed by atoms with Gasteiger partial charge >= 0.3 is 0 Å². The Morgan fingerprint density at radius 2 is 1.91 bits per heavy atom. The molecule has 3 aromatic heterocycles. The zero-order valence-corrected chi connectivity index (χ0v) is 19.2. The van der Waals surface area contributed by atoms with Crippen molar-refractivity contribution in [2.45, 2.75) is 46.0 Å². The number of nitrogens with zero attached hydrogens (tertiary/aromatic N) is 6. The summed E-state index contributed by atoms with van der Waals surface area (Å²) in [5.41, 5.74) is 9.16. The molecule has 0 spiro atoms. The van der Waals surface area contributed by atoms with Crippen molar-refractivity contribution < 1.29 is 9.74 Å². The van der Waals surface area contributed by atoms with Gasteiger partial charge in [0, 0.05) is 19.6 Å². The Hall–Kier alpha value is -3.74. The summed E-state index contributed by atoms with van der Waals surface area (Å²) < 4.78 is 6.78. The standard InChI is InChI=1S/C24H27N7O2/c1-5-31-19-13-17(15-30(4)14-16-9-7-6-8-10-16)26-18(11-12-24(2,3)32)20(19)27-23(31)21-22(25)29-33-28-21/h6-10,13,32H,5,14-15H2,1-4H3,(H2,25,29). The fraction of sp³-hybridized carbons (Fsp3) is 0.333. The number of pyridine rings is 1. The lowest BCUT2D eigenvalue weighted by Gasteiger charge is -2.17. The summed E-state index contributed by atoms with van der Waals surface area (Å²) in [4.78, 5) is 11.7. The predicted molar refractivity (Wildman–Crippen MR) is 126 cm³/mol. The van der Waals surface area contributed by atoms with Gasteiger partial charge in [-0.3, -0.25) is 4.90 Å². The van der Waals surface area contributed by atoms with Crippen LogP contribution in [0.4, 0.5) is 5.82 Å². The highest BCUT2D eigenvalue weighted by Gasteiger charge is 2.21. The summed E-state index contributed by atoms with van der Waals surface area (Å²) in [6.45, 7) is 7.29. The van der Waals surface area contributed by atoms with Crippen LogP contribution in [0.2, 0.25) is 0 Å². The molecule has 0 aliphatic rings. The van der Waals surface area contributed by atoms with E-state index < -0.39 is 5.60 Å². The van der Waals surface area contributed by atoms with E-state index in [0.717, 1.165) is 17.8 Å². The van der Waals surface area contributed by atoms with Gasteiger partial charge < -0.3 is 15.4 Å². The molecule has 1 aromatic carbocycles. The van der Waals surface area contributed by atoms with E-state index in [4.69, 9.17) is 20.3 Å². The molecule has 9 nitrogen and oxygen atoms in total. The van der Waals surface area contributed by atoms with E-state index in [9.17, 15) is 5.11 Å². The molecule has 3 heterocycles. The fourth-order valence-corrected chi connectivity index (χ4v) is 3.63. The van der Waals surface area contributed by atoms with Crippen molar-refractivity contribution in [3.63, 3.8) is 0 Å². The number of imidazole rings is 1. The summed E-state index contributed by atoms with van der Waals surface area (Å²) >= 11 is 0. The molecule has 4 rings (SSSR count). The van der Waals surface area contributed by atoms with Crippen LogP contribution in [0.15, 0.2) is 41.0 Å². The van der Waals surface area contributed by atoms with Gasteiger partial charge in [0.2, 0.25) is 0 Å². The molecule has 0 unspecified atom stereocenters. The van der Waals surface area contributed by atoms with Crippen molar-refractivity contribution in [2.75, 3.05) is 12.8 Å². The number of hydrogen-bond acceptors (Lipinski definition) is 8. The molecule has 0 atom stereocenters. The number of rotatable bonds is 6. The average Bonchev–Trinajstić information content (AvgIpc) is 3.34. The minimum absolute atomic E-state index is 0.167. The van der Waals surface area contributed by atoms with Crippen LogP contribution >= 0.6 is 0 Å². The topological polar surface area (TPSA) is 119 Å². The van der Waals surface area contributed by atoms with E-state index in [0.29, 0.717) is 35.8 Å². The van der Waals surface area contributed by atoms with Crippen molar-refractivity contribution in [3.8, 4) is 23.4 Å². The second-order valence-electron chi connectivity index (χ2n) is 8.47. The number of aromatic nitrogens is 5. The smallest absolute Gasteiger partial charge is 0.199 e. The first kappa shape index (κ1) is 22.5. The second-order valence-corrected chi connectivity index (χ2v) is 8.47. The van der Waals surface area contributed by atoms with Crippen LogP contribution in [-0.2, 0) is 19.6 Å². The van der Waals surface area contributed by atoms with Crippen molar-refractivity contribution in [1.82, 2.24) is 29.7 Å².